The smallest absolute Gasteiger partial charge is 0.255 e. The van der Waals surface area contributed by atoms with Gasteiger partial charge in [0.15, 0.2) is 6.17 Å². The highest BCUT2D eigenvalue weighted by Gasteiger charge is 2.51. The van der Waals surface area contributed by atoms with Crippen LogP contribution in [0.2, 0.25) is 0 Å². The first-order valence-electron chi connectivity index (χ1n) is 11.4. The Labute approximate surface area is 178 Å². The van der Waals surface area contributed by atoms with Gasteiger partial charge in [0, 0.05) is 25.3 Å². The fraction of sp³-hybridized carbons (Fsp3) is 0.652. The summed E-state index contributed by atoms with van der Waals surface area (Å²) in [6.45, 7) is 5.59. The topological polar surface area (TPSA) is 79.1 Å². The molecule has 0 aromatic heterocycles. The van der Waals surface area contributed by atoms with Crippen molar-refractivity contribution in [3.63, 3.8) is 0 Å². The summed E-state index contributed by atoms with van der Waals surface area (Å²) in [6.07, 6.45) is 5.97. The Balaban J connectivity index is 1.33. The van der Waals surface area contributed by atoms with E-state index in [9.17, 15) is 9.59 Å². The molecule has 3 aliphatic heterocycles. The number of carbonyl (C=O) groups is 2. The molecule has 2 N–H and O–H groups in total. The van der Waals surface area contributed by atoms with Gasteiger partial charge in [-0.15, -0.1) is 0 Å². The normalized spacial score (nSPS) is 29.1. The number of anilines is 1. The van der Waals surface area contributed by atoms with E-state index in [2.05, 4.69) is 17.0 Å². The minimum Gasteiger partial charge on any atom is -0.379 e. The number of amides is 2. The third-order valence-electron chi connectivity index (χ3n) is 7.71. The lowest BCUT2D eigenvalue weighted by atomic mass is 9.62. The summed E-state index contributed by atoms with van der Waals surface area (Å²) in [6, 6.07) is 8.17. The average molecular weight is 413 g/mol. The lowest BCUT2D eigenvalue weighted by Gasteiger charge is -2.44. The number of nitrogens with two attached hydrogens (primary N) is 1. The minimum absolute atomic E-state index is 0.00900. The maximum absolute atomic E-state index is 13.0. The molecule has 7 heteroatoms. The summed E-state index contributed by atoms with van der Waals surface area (Å²) >= 11 is 0. The number of primary amides is 1. The Morgan fingerprint density at radius 3 is 2.47 bits per heavy atom. The molecule has 162 valence electrons. The van der Waals surface area contributed by atoms with E-state index in [1.165, 1.54) is 24.8 Å². The number of nitrogens with zero attached hydrogens (tertiary/aromatic N) is 3. The molecule has 0 bridgehead atoms. The van der Waals surface area contributed by atoms with Crippen molar-refractivity contribution in [2.75, 3.05) is 44.3 Å². The van der Waals surface area contributed by atoms with Crippen molar-refractivity contribution in [2.45, 2.75) is 56.1 Å². The van der Waals surface area contributed by atoms with Crippen molar-refractivity contribution in [1.29, 1.82) is 0 Å². The van der Waals surface area contributed by atoms with Crippen LogP contribution in [0, 0.1) is 0 Å². The van der Waals surface area contributed by atoms with Gasteiger partial charge in [0.05, 0.1) is 19.3 Å². The van der Waals surface area contributed by atoms with Gasteiger partial charge < -0.3 is 10.5 Å². The molecule has 1 saturated carbocycles. The van der Waals surface area contributed by atoms with Crippen LogP contribution in [-0.2, 0) is 19.7 Å². The van der Waals surface area contributed by atoms with Gasteiger partial charge in [-0.25, -0.2) is 0 Å². The highest BCUT2D eigenvalue weighted by molar-refractivity contribution is 6.06. The molecule has 2 amide bonds. The van der Waals surface area contributed by atoms with Gasteiger partial charge in [-0.1, -0.05) is 18.6 Å². The molecular formula is C23H32N4O3. The van der Waals surface area contributed by atoms with E-state index in [1.807, 2.05) is 17.0 Å². The van der Waals surface area contributed by atoms with E-state index >= 15 is 0 Å². The fourth-order valence-electron chi connectivity index (χ4n) is 5.79. The summed E-state index contributed by atoms with van der Waals surface area (Å²) in [4.78, 5) is 31.2. The lowest BCUT2D eigenvalue weighted by Crippen LogP contribution is -2.49. The predicted octanol–water partition coefficient (Wildman–Crippen LogP) is 1.45. The zero-order chi connectivity index (χ0) is 20.7. The SMILES string of the molecule is NC(=O)C1N(c2ccc(C3(CCN4CCOCC4)CCC3)cc2)C(=O)[C@@H]2CCCN12. The van der Waals surface area contributed by atoms with E-state index in [0.717, 1.165) is 64.3 Å². The number of benzene rings is 1. The second-order valence-electron chi connectivity index (χ2n) is 9.26. The van der Waals surface area contributed by atoms with Gasteiger partial charge in [-0.2, -0.15) is 0 Å². The van der Waals surface area contributed by atoms with Gasteiger partial charge >= 0.3 is 0 Å². The molecular weight excluding hydrogens is 380 g/mol. The molecule has 1 unspecified atom stereocenters. The maximum Gasteiger partial charge on any atom is 0.255 e. The van der Waals surface area contributed by atoms with Crippen LogP contribution in [0.1, 0.15) is 44.1 Å². The third-order valence-corrected chi connectivity index (χ3v) is 7.71. The van der Waals surface area contributed by atoms with E-state index in [4.69, 9.17) is 10.5 Å². The molecule has 5 rings (SSSR count). The van der Waals surface area contributed by atoms with E-state index < -0.39 is 12.1 Å². The van der Waals surface area contributed by atoms with Gasteiger partial charge in [0.25, 0.3) is 5.91 Å². The van der Waals surface area contributed by atoms with Crippen LogP contribution in [0.25, 0.3) is 0 Å². The van der Waals surface area contributed by atoms with Crippen LogP contribution >= 0.6 is 0 Å². The third kappa shape index (κ3) is 3.33. The Kier molecular flexibility index (Phi) is 5.29. The number of hydrogen-bond donors (Lipinski definition) is 1. The van der Waals surface area contributed by atoms with Crippen molar-refractivity contribution < 1.29 is 14.3 Å². The van der Waals surface area contributed by atoms with Gasteiger partial charge in [0.1, 0.15) is 0 Å². The van der Waals surface area contributed by atoms with Crippen molar-refractivity contribution in [1.82, 2.24) is 9.80 Å². The molecule has 1 aliphatic carbocycles. The van der Waals surface area contributed by atoms with Gasteiger partial charge in [-0.3, -0.25) is 24.3 Å². The molecule has 0 radical (unpaired) electrons. The molecule has 30 heavy (non-hydrogen) atoms. The Morgan fingerprint density at radius 2 is 1.83 bits per heavy atom. The zero-order valence-electron chi connectivity index (χ0n) is 17.6. The summed E-state index contributed by atoms with van der Waals surface area (Å²) in [5.41, 5.74) is 8.08. The second-order valence-corrected chi connectivity index (χ2v) is 9.26. The van der Waals surface area contributed by atoms with Crippen LogP contribution < -0.4 is 10.6 Å². The largest absolute Gasteiger partial charge is 0.379 e. The predicted molar refractivity (Wildman–Crippen MR) is 114 cm³/mol. The molecule has 2 atom stereocenters. The number of morpholine rings is 1. The van der Waals surface area contributed by atoms with Crippen LogP contribution in [0.5, 0.6) is 0 Å². The highest BCUT2D eigenvalue weighted by Crippen LogP contribution is 2.47. The van der Waals surface area contributed by atoms with Crippen molar-refractivity contribution in [3.05, 3.63) is 29.8 Å². The fourth-order valence-corrected chi connectivity index (χ4v) is 5.79. The molecule has 1 aromatic carbocycles. The molecule has 3 saturated heterocycles. The Bertz CT molecular complexity index is 801. The van der Waals surface area contributed by atoms with Crippen molar-refractivity contribution >= 4 is 17.5 Å². The van der Waals surface area contributed by atoms with Crippen molar-refractivity contribution in [3.8, 4) is 0 Å². The second kappa shape index (κ2) is 7.94. The van der Waals surface area contributed by atoms with E-state index in [0.29, 0.717) is 0 Å². The molecule has 3 heterocycles. The number of carbonyl (C=O) groups excluding carboxylic acids is 2. The summed E-state index contributed by atoms with van der Waals surface area (Å²) in [7, 11) is 0. The van der Waals surface area contributed by atoms with Crippen LogP contribution in [-0.4, -0.2) is 73.2 Å². The monoisotopic (exact) mass is 412 g/mol. The number of hydrogen-bond acceptors (Lipinski definition) is 5. The summed E-state index contributed by atoms with van der Waals surface area (Å²) < 4.78 is 5.47. The Hall–Kier alpha value is -1.96. The molecule has 4 fully saturated rings. The average Bonchev–Trinajstić information content (AvgIpc) is 3.30. The molecule has 7 nitrogen and oxygen atoms in total. The quantitative estimate of drug-likeness (QED) is 0.765. The first-order valence-corrected chi connectivity index (χ1v) is 11.4. The first-order chi connectivity index (χ1) is 14.6. The standard InChI is InChI=1S/C23H32N4O3/c24-20(28)21-26-11-1-3-19(26)22(29)27(21)18-6-4-17(5-7-18)23(8-2-9-23)10-12-25-13-15-30-16-14-25/h4-7,19,21H,1-3,8-16H2,(H2,24,28)/t19-,21?/m0/s1. The minimum atomic E-state index is -0.658. The van der Waals surface area contributed by atoms with E-state index in [-0.39, 0.29) is 17.4 Å². The lowest BCUT2D eigenvalue weighted by molar-refractivity contribution is -0.122. The van der Waals surface area contributed by atoms with Crippen LogP contribution in [0.3, 0.4) is 0 Å². The van der Waals surface area contributed by atoms with Crippen molar-refractivity contribution in [2.24, 2.45) is 5.73 Å². The molecule has 1 aromatic rings. The molecule has 0 spiro atoms. The summed E-state index contributed by atoms with van der Waals surface area (Å²) in [5.74, 6) is -0.437. The van der Waals surface area contributed by atoms with Crippen LogP contribution in [0.15, 0.2) is 24.3 Å². The maximum atomic E-state index is 13.0. The highest BCUT2D eigenvalue weighted by atomic mass is 16.5. The first kappa shape index (κ1) is 20.0. The summed E-state index contributed by atoms with van der Waals surface area (Å²) in [5, 5.41) is 0. The van der Waals surface area contributed by atoms with Gasteiger partial charge in [-0.05, 0) is 61.8 Å². The van der Waals surface area contributed by atoms with Crippen LogP contribution in [0.4, 0.5) is 5.69 Å². The van der Waals surface area contributed by atoms with E-state index in [1.54, 1.807) is 4.90 Å². The number of ether oxygens (including phenoxy) is 1. The molecule has 4 aliphatic rings. The van der Waals surface area contributed by atoms with Gasteiger partial charge in [0.2, 0.25) is 5.91 Å². The number of rotatable bonds is 6. The number of fused-ring (bicyclic) bond motifs is 1. The zero-order valence-corrected chi connectivity index (χ0v) is 17.6. The Morgan fingerprint density at radius 1 is 1.10 bits per heavy atom.